The van der Waals surface area contributed by atoms with Crippen LogP contribution in [-0.4, -0.2) is 0 Å². The standard InChI is InChI=1S/C23H14/c1-2-7-19-14(4-1)8-9-17-13-18-12-16-6-3-5-15-10-11-20(22(17)19)23(18)21(15)16/h1-11,13H,12H2. The van der Waals surface area contributed by atoms with Crippen molar-refractivity contribution in [3.05, 3.63) is 83.9 Å². The molecule has 0 amide bonds. The van der Waals surface area contributed by atoms with E-state index >= 15 is 0 Å². The molecule has 0 aromatic heterocycles. The first-order chi connectivity index (χ1) is 11.4. The Labute approximate surface area is 134 Å². The Balaban J connectivity index is 1.98. The van der Waals surface area contributed by atoms with Gasteiger partial charge in [0.25, 0.3) is 0 Å². The third-order valence-corrected chi connectivity index (χ3v) is 5.39. The summed E-state index contributed by atoms with van der Waals surface area (Å²) < 4.78 is 0. The van der Waals surface area contributed by atoms with Crippen LogP contribution >= 0.6 is 0 Å². The molecule has 0 nitrogen and oxygen atoms in total. The highest BCUT2D eigenvalue weighted by atomic mass is 14.2. The van der Waals surface area contributed by atoms with E-state index in [1.165, 1.54) is 54.2 Å². The Morgan fingerprint density at radius 1 is 0.478 bits per heavy atom. The molecular formula is C23H14. The molecule has 0 aliphatic heterocycles. The molecule has 106 valence electrons. The van der Waals surface area contributed by atoms with Crippen LogP contribution in [0.3, 0.4) is 0 Å². The van der Waals surface area contributed by atoms with Gasteiger partial charge in [-0.15, -0.1) is 0 Å². The van der Waals surface area contributed by atoms with Gasteiger partial charge in [0.05, 0.1) is 0 Å². The van der Waals surface area contributed by atoms with E-state index in [1.807, 2.05) is 0 Å². The number of fused-ring (bicyclic) bond motifs is 4. The number of hydrogen-bond acceptors (Lipinski definition) is 0. The van der Waals surface area contributed by atoms with E-state index in [9.17, 15) is 0 Å². The van der Waals surface area contributed by atoms with Crippen molar-refractivity contribution < 1.29 is 0 Å². The maximum absolute atomic E-state index is 2.41. The lowest BCUT2D eigenvalue weighted by molar-refractivity contribution is 1.28. The third kappa shape index (κ3) is 1.37. The van der Waals surface area contributed by atoms with Gasteiger partial charge >= 0.3 is 0 Å². The van der Waals surface area contributed by atoms with Gasteiger partial charge in [0, 0.05) is 0 Å². The fraction of sp³-hybridized carbons (Fsp3) is 0.0435. The summed E-state index contributed by atoms with van der Waals surface area (Å²) in [6, 6.07) is 27.0. The molecule has 1 aliphatic carbocycles. The van der Waals surface area contributed by atoms with Crippen molar-refractivity contribution in [2.45, 2.75) is 6.42 Å². The Bertz CT molecular complexity index is 1280. The molecule has 23 heavy (non-hydrogen) atoms. The van der Waals surface area contributed by atoms with Crippen molar-refractivity contribution in [1.29, 1.82) is 0 Å². The molecule has 0 spiro atoms. The zero-order valence-electron chi connectivity index (χ0n) is 12.6. The van der Waals surface area contributed by atoms with Crippen molar-refractivity contribution in [2.75, 3.05) is 0 Å². The zero-order chi connectivity index (χ0) is 15.0. The van der Waals surface area contributed by atoms with Gasteiger partial charge in [-0.05, 0) is 60.6 Å². The normalized spacial score (nSPS) is 13.0. The van der Waals surface area contributed by atoms with Crippen LogP contribution in [0.25, 0.3) is 43.1 Å². The van der Waals surface area contributed by atoms with E-state index in [4.69, 9.17) is 0 Å². The van der Waals surface area contributed by atoms with Crippen molar-refractivity contribution in [2.24, 2.45) is 0 Å². The molecule has 0 unspecified atom stereocenters. The van der Waals surface area contributed by atoms with Gasteiger partial charge in [0.1, 0.15) is 0 Å². The van der Waals surface area contributed by atoms with E-state index in [2.05, 4.69) is 72.8 Å². The number of hydrogen-bond donors (Lipinski definition) is 0. The summed E-state index contributed by atoms with van der Waals surface area (Å²) in [5.41, 5.74) is 2.96. The molecule has 1 aliphatic rings. The average molecular weight is 290 g/mol. The summed E-state index contributed by atoms with van der Waals surface area (Å²) in [5, 5.41) is 11.2. The minimum Gasteiger partial charge on any atom is -0.0616 e. The molecule has 0 heteroatoms. The number of rotatable bonds is 0. The minimum absolute atomic E-state index is 1.07. The Hall–Kier alpha value is -2.86. The van der Waals surface area contributed by atoms with E-state index in [-0.39, 0.29) is 0 Å². The van der Waals surface area contributed by atoms with E-state index in [1.54, 1.807) is 0 Å². The van der Waals surface area contributed by atoms with Gasteiger partial charge in [0.2, 0.25) is 0 Å². The van der Waals surface area contributed by atoms with Crippen LogP contribution in [0.15, 0.2) is 72.8 Å². The van der Waals surface area contributed by atoms with Crippen LogP contribution in [0, 0.1) is 0 Å². The van der Waals surface area contributed by atoms with Crippen LogP contribution < -0.4 is 0 Å². The van der Waals surface area contributed by atoms with Crippen LogP contribution in [0.5, 0.6) is 0 Å². The molecular weight excluding hydrogens is 276 g/mol. The SMILES string of the molecule is c1ccc2c(c1)ccc1cc3c4c(ccc5cccc(c54)C3)c12. The van der Waals surface area contributed by atoms with E-state index in [0.29, 0.717) is 0 Å². The van der Waals surface area contributed by atoms with Crippen LogP contribution in [0.1, 0.15) is 11.1 Å². The van der Waals surface area contributed by atoms with Crippen molar-refractivity contribution >= 4 is 43.1 Å². The minimum atomic E-state index is 1.07. The third-order valence-electron chi connectivity index (χ3n) is 5.39. The first-order valence-corrected chi connectivity index (χ1v) is 8.18. The Morgan fingerprint density at radius 2 is 1.30 bits per heavy atom. The summed E-state index contributed by atoms with van der Waals surface area (Å²) >= 11 is 0. The lowest BCUT2D eigenvalue weighted by atomic mass is 9.93. The molecule has 0 saturated carbocycles. The lowest BCUT2D eigenvalue weighted by Gasteiger charge is -2.10. The van der Waals surface area contributed by atoms with Crippen LogP contribution in [-0.2, 0) is 6.42 Å². The molecule has 0 N–H and O–H groups in total. The molecule has 0 fully saturated rings. The second-order valence-electron chi connectivity index (χ2n) is 6.60. The molecule has 0 saturated heterocycles. The second-order valence-corrected chi connectivity index (χ2v) is 6.60. The van der Waals surface area contributed by atoms with Crippen molar-refractivity contribution in [1.82, 2.24) is 0 Å². The molecule has 0 radical (unpaired) electrons. The molecule has 0 atom stereocenters. The van der Waals surface area contributed by atoms with Crippen LogP contribution in [0.4, 0.5) is 0 Å². The quantitative estimate of drug-likeness (QED) is 0.292. The second kappa shape index (κ2) is 3.91. The molecule has 0 bridgehead atoms. The van der Waals surface area contributed by atoms with Crippen molar-refractivity contribution in [3.8, 4) is 0 Å². The first-order valence-electron chi connectivity index (χ1n) is 8.18. The maximum Gasteiger partial charge on any atom is -0.00128 e. The molecule has 5 aromatic rings. The molecule has 5 aromatic carbocycles. The monoisotopic (exact) mass is 290 g/mol. The average Bonchev–Trinajstić information content (AvgIpc) is 2.98. The topological polar surface area (TPSA) is 0 Å². The van der Waals surface area contributed by atoms with Gasteiger partial charge in [-0.3, -0.25) is 0 Å². The van der Waals surface area contributed by atoms with Crippen molar-refractivity contribution in [3.63, 3.8) is 0 Å². The van der Waals surface area contributed by atoms with Crippen LogP contribution in [0.2, 0.25) is 0 Å². The van der Waals surface area contributed by atoms with Gasteiger partial charge < -0.3 is 0 Å². The summed E-state index contributed by atoms with van der Waals surface area (Å²) in [6.45, 7) is 0. The first kappa shape index (κ1) is 11.7. The summed E-state index contributed by atoms with van der Waals surface area (Å²) in [6.07, 6.45) is 1.07. The van der Waals surface area contributed by atoms with Gasteiger partial charge in [-0.25, -0.2) is 0 Å². The fourth-order valence-corrected chi connectivity index (χ4v) is 4.46. The Kier molecular flexibility index (Phi) is 1.98. The molecule has 0 heterocycles. The summed E-state index contributed by atoms with van der Waals surface area (Å²) in [5.74, 6) is 0. The van der Waals surface area contributed by atoms with E-state index in [0.717, 1.165) is 6.42 Å². The van der Waals surface area contributed by atoms with Gasteiger partial charge in [-0.1, -0.05) is 72.8 Å². The zero-order valence-corrected chi connectivity index (χ0v) is 12.6. The maximum atomic E-state index is 2.41. The fourth-order valence-electron chi connectivity index (χ4n) is 4.46. The largest absolute Gasteiger partial charge is 0.0616 e. The predicted molar refractivity (Wildman–Crippen MR) is 99.3 cm³/mol. The van der Waals surface area contributed by atoms with Gasteiger partial charge in [0.15, 0.2) is 0 Å². The highest BCUT2D eigenvalue weighted by Gasteiger charge is 2.19. The number of benzene rings is 5. The lowest BCUT2D eigenvalue weighted by Crippen LogP contribution is -1.84. The smallest absolute Gasteiger partial charge is 0.00128 e. The highest BCUT2D eigenvalue weighted by Crippen LogP contribution is 2.43. The highest BCUT2D eigenvalue weighted by molar-refractivity contribution is 6.27. The predicted octanol–water partition coefficient (Wildman–Crippen LogP) is 6.20. The summed E-state index contributed by atoms with van der Waals surface area (Å²) in [4.78, 5) is 0. The van der Waals surface area contributed by atoms with E-state index < -0.39 is 0 Å². The summed E-state index contributed by atoms with van der Waals surface area (Å²) in [7, 11) is 0. The molecule has 6 rings (SSSR count). The van der Waals surface area contributed by atoms with Gasteiger partial charge in [-0.2, -0.15) is 0 Å². The Morgan fingerprint density at radius 3 is 2.30 bits per heavy atom.